The van der Waals surface area contributed by atoms with Crippen LogP contribution in [0.4, 0.5) is 5.69 Å². The fraction of sp³-hybridized carbons (Fsp3) is 0.355. The van der Waals surface area contributed by atoms with Gasteiger partial charge in [0.25, 0.3) is 10.0 Å². The molecule has 0 aliphatic heterocycles. The van der Waals surface area contributed by atoms with Gasteiger partial charge in [-0.05, 0) is 68.7 Å². The van der Waals surface area contributed by atoms with Crippen LogP contribution >= 0.6 is 0 Å². The molecule has 214 valence electrons. The molecule has 8 nitrogen and oxygen atoms in total. The Morgan fingerprint density at radius 3 is 2.08 bits per heavy atom. The highest BCUT2D eigenvalue weighted by molar-refractivity contribution is 7.92. The van der Waals surface area contributed by atoms with Gasteiger partial charge in [-0.25, -0.2) is 8.42 Å². The summed E-state index contributed by atoms with van der Waals surface area (Å²) in [5.41, 5.74) is 2.23. The summed E-state index contributed by atoms with van der Waals surface area (Å²) in [6.07, 6.45) is 1.11. The summed E-state index contributed by atoms with van der Waals surface area (Å²) < 4.78 is 34.0. The van der Waals surface area contributed by atoms with E-state index in [-0.39, 0.29) is 23.4 Å². The van der Waals surface area contributed by atoms with Crippen LogP contribution in [0.5, 0.6) is 5.75 Å². The van der Waals surface area contributed by atoms with E-state index in [0.29, 0.717) is 17.9 Å². The van der Waals surface area contributed by atoms with Crippen molar-refractivity contribution in [1.82, 2.24) is 10.2 Å². The van der Waals surface area contributed by atoms with Crippen molar-refractivity contribution in [3.8, 4) is 5.75 Å². The van der Waals surface area contributed by atoms with E-state index in [4.69, 9.17) is 4.74 Å². The Labute approximate surface area is 238 Å². The van der Waals surface area contributed by atoms with E-state index >= 15 is 0 Å². The lowest BCUT2D eigenvalue weighted by Crippen LogP contribution is -2.53. The van der Waals surface area contributed by atoms with Crippen LogP contribution in [-0.2, 0) is 26.2 Å². The quantitative estimate of drug-likeness (QED) is 0.317. The molecule has 2 atom stereocenters. The number of sulfonamides is 1. The number of aryl methyl sites for hydroxylation is 1. The Bertz CT molecular complexity index is 1360. The van der Waals surface area contributed by atoms with E-state index in [1.165, 1.54) is 24.1 Å². The third-order valence-electron chi connectivity index (χ3n) is 6.83. The van der Waals surface area contributed by atoms with Gasteiger partial charge >= 0.3 is 0 Å². The first-order chi connectivity index (χ1) is 19.1. The smallest absolute Gasteiger partial charge is 0.264 e. The number of carbonyl (C=O) groups excluding carboxylic acids is 2. The zero-order chi connectivity index (χ0) is 29.3. The number of rotatable bonds is 13. The van der Waals surface area contributed by atoms with Crippen molar-refractivity contribution in [1.29, 1.82) is 0 Å². The minimum absolute atomic E-state index is 0.0604. The van der Waals surface area contributed by atoms with E-state index < -0.39 is 28.5 Å². The molecule has 3 rings (SSSR count). The molecule has 2 amide bonds. The molecule has 3 aromatic rings. The molecule has 0 heterocycles. The lowest BCUT2D eigenvalue weighted by atomic mass is 10.1. The normalized spacial score (nSPS) is 12.7. The number of hydrogen-bond donors (Lipinski definition) is 1. The first kappa shape index (κ1) is 30.7. The molecular weight excluding hydrogens is 526 g/mol. The SMILES string of the molecule is CCC(C)NC(=O)C(CC)N(Cc1ccc(C)cc1)C(=O)CN(c1ccc(OC)cc1)S(=O)(=O)c1ccccc1. The third kappa shape index (κ3) is 7.63. The Morgan fingerprint density at radius 1 is 0.900 bits per heavy atom. The van der Waals surface area contributed by atoms with Gasteiger partial charge in [-0.3, -0.25) is 13.9 Å². The summed E-state index contributed by atoms with van der Waals surface area (Å²) in [5, 5.41) is 2.99. The minimum Gasteiger partial charge on any atom is -0.497 e. The van der Waals surface area contributed by atoms with Gasteiger partial charge < -0.3 is 15.0 Å². The maximum Gasteiger partial charge on any atom is 0.264 e. The highest BCUT2D eigenvalue weighted by Crippen LogP contribution is 2.26. The topological polar surface area (TPSA) is 96.0 Å². The second kappa shape index (κ2) is 14.0. The Morgan fingerprint density at radius 2 is 1.52 bits per heavy atom. The number of carbonyl (C=O) groups is 2. The van der Waals surface area contributed by atoms with Crippen molar-refractivity contribution >= 4 is 27.5 Å². The largest absolute Gasteiger partial charge is 0.497 e. The maximum atomic E-state index is 14.1. The van der Waals surface area contributed by atoms with Crippen molar-refractivity contribution in [2.24, 2.45) is 0 Å². The van der Waals surface area contributed by atoms with Crippen LogP contribution < -0.4 is 14.4 Å². The van der Waals surface area contributed by atoms with Crippen LogP contribution in [0.2, 0.25) is 0 Å². The van der Waals surface area contributed by atoms with Crippen molar-refractivity contribution in [3.63, 3.8) is 0 Å². The van der Waals surface area contributed by atoms with Crippen LogP contribution in [0.1, 0.15) is 44.7 Å². The summed E-state index contributed by atoms with van der Waals surface area (Å²) in [5.74, 6) is -0.192. The van der Waals surface area contributed by atoms with Gasteiger partial charge in [0.1, 0.15) is 18.3 Å². The first-order valence-corrected chi connectivity index (χ1v) is 14.9. The van der Waals surface area contributed by atoms with Crippen molar-refractivity contribution in [3.05, 3.63) is 90.0 Å². The fourth-order valence-corrected chi connectivity index (χ4v) is 5.68. The van der Waals surface area contributed by atoms with Crippen LogP contribution in [-0.4, -0.2) is 50.9 Å². The Kier molecular flexibility index (Phi) is 10.7. The fourth-order valence-electron chi connectivity index (χ4n) is 4.25. The average Bonchev–Trinajstić information content (AvgIpc) is 2.97. The highest BCUT2D eigenvalue weighted by Gasteiger charge is 2.34. The molecule has 0 saturated carbocycles. The molecule has 0 saturated heterocycles. The monoisotopic (exact) mass is 565 g/mol. The molecule has 2 unspecified atom stereocenters. The van der Waals surface area contributed by atoms with Crippen LogP contribution in [0.15, 0.2) is 83.8 Å². The zero-order valence-corrected chi connectivity index (χ0v) is 24.6. The molecule has 9 heteroatoms. The molecule has 3 aromatic carbocycles. The van der Waals surface area contributed by atoms with Gasteiger partial charge in [-0.15, -0.1) is 0 Å². The average molecular weight is 566 g/mol. The lowest BCUT2D eigenvalue weighted by molar-refractivity contribution is -0.140. The number of hydrogen-bond acceptors (Lipinski definition) is 5. The highest BCUT2D eigenvalue weighted by atomic mass is 32.2. The first-order valence-electron chi connectivity index (χ1n) is 13.5. The Balaban J connectivity index is 2.04. The lowest BCUT2D eigenvalue weighted by Gasteiger charge is -2.33. The van der Waals surface area contributed by atoms with Crippen molar-refractivity contribution < 1.29 is 22.7 Å². The molecule has 0 fully saturated rings. The zero-order valence-electron chi connectivity index (χ0n) is 23.8. The van der Waals surface area contributed by atoms with Gasteiger partial charge in [0.2, 0.25) is 11.8 Å². The van der Waals surface area contributed by atoms with E-state index in [9.17, 15) is 18.0 Å². The van der Waals surface area contributed by atoms with Crippen molar-refractivity contribution in [2.45, 2.75) is 64.1 Å². The van der Waals surface area contributed by atoms with Crippen molar-refractivity contribution in [2.75, 3.05) is 18.0 Å². The van der Waals surface area contributed by atoms with Gasteiger partial charge in [-0.2, -0.15) is 0 Å². The van der Waals surface area contributed by atoms with E-state index in [1.54, 1.807) is 42.5 Å². The van der Waals surface area contributed by atoms with Gasteiger partial charge in [0.15, 0.2) is 0 Å². The standard InChI is InChI=1S/C31H39N3O5S/c1-6-24(4)32-31(36)29(7-2)33(21-25-15-13-23(3)14-16-25)30(35)22-34(26-17-19-27(39-5)20-18-26)40(37,38)28-11-9-8-10-12-28/h8-20,24,29H,6-7,21-22H2,1-5H3,(H,32,36). The molecular formula is C31H39N3O5S. The molecule has 1 N–H and O–H groups in total. The summed E-state index contributed by atoms with van der Waals surface area (Å²) in [7, 11) is -2.59. The van der Waals surface area contributed by atoms with E-state index in [0.717, 1.165) is 21.9 Å². The predicted octanol–water partition coefficient (Wildman–Crippen LogP) is 4.92. The molecule has 40 heavy (non-hydrogen) atoms. The summed E-state index contributed by atoms with van der Waals surface area (Å²) in [4.78, 5) is 28.9. The predicted molar refractivity (Wildman–Crippen MR) is 158 cm³/mol. The van der Waals surface area contributed by atoms with Crippen LogP contribution in [0.3, 0.4) is 0 Å². The number of nitrogens with zero attached hydrogens (tertiary/aromatic N) is 2. The Hall–Kier alpha value is -3.85. The van der Waals surface area contributed by atoms with E-state index in [2.05, 4.69) is 5.32 Å². The molecule has 0 aliphatic rings. The van der Waals surface area contributed by atoms with Gasteiger partial charge in [0, 0.05) is 12.6 Å². The van der Waals surface area contributed by atoms with Gasteiger partial charge in [0.05, 0.1) is 17.7 Å². The molecule has 0 aromatic heterocycles. The van der Waals surface area contributed by atoms with E-state index in [1.807, 2.05) is 52.0 Å². The molecule has 0 aliphatic carbocycles. The molecule has 0 spiro atoms. The molecule has 0 radical (unpaired) electrons. The number of ether oxygens (including phenoxy) is 1. The maximum absolute atomic E-state index is 14.1. The second-order valence-corrected chi connectivity index (χ2v) is 11.6. The van der Waals surface area contributed by atoms with Crippen LogP contribution in [0, 0.1) is 6.92 Å². The summed E-state index contributed by atoms with van der Waals surface area (Å²) in [6, 6.07) is 21.4. The number of benzene rings is 3. The summed E-state index contributed by atoms with van der Waals surface area (Å²) >= 11 is 0. The second-order valence-electron chi connectivity index (χ2n) is 9.77. The number of amides is 2. The van der Waals surface area contributed by atoms with Crippen LogP contribution in [0.25, 0.3) is 0 Å². The summed E-state index contributed by atoms with van der Waals surface area (Å²) in [6.45, 7) is 7.38. The minimum atomic E-state index is -4.11. The number of methoxy groups -OCH3 is 1. The third-order valence-corrected chi connectivity index (χ3v) is 8.62. The number of nitrogens with one attached hydrogen (secondary N) is 1. The number of anilines is 1. The molecule has 0 bridgehead atoms. The van der Waals surface area contributed by atoms with Gasteiger partial charge in [-0.1, -0.05) is 61.9 Å².